The fourth-order valence-electron chi connectivity index (χ4n) is 9.10. The molecule has 82 heavy (non-hydrogen) atoms. The number of unbranched alkanes of at least 4 members (excludes halogenated alkanes) is 25. The standard InChI is InChI=1S/C76H124O6/c1-4-7-10-13-16-19-22-24-26-28-30-32-33-34-35-36-37-38-39-40-41-42-43-45-46-48-50-52-54-57-60-63-66-69-75(78)81-72-73(71-80-74(77)68-65-62-59-56-21-18-15-12-9-6-3)82-76(79)70-67-64-61-58-55-53-51-49-47-44-31-29-27-25-23-20-17-14-11-8-5-2/h7-8,10-11,16-17,19-20,24-27,30-32,34-35,37-38,40-41,44,49,51,73H,4-6,9,12-15,18,21-23,28-29,33,36,39,42-43,45-48,50,52-72H2,1-3H3/b10-7-,11-8-,19-16-,20-17-,26-24-,27-25-,32-30-,35-34-,38-37-,41-40-,44-31-,51-49-. The topological polar surface area (TPSA) is 78.9 Å². The Morgan fingerprint density at radius 3 is 0.744 bits per heavy atom. The van der Waals surface area contributed by atoms with Gasteiger partial charge in [0.25, 0.3) is 0 Å². The lowest BCUT2D eigenvalue weighted by molar-refractivity contribution is -0.167. The highest BCUT2D eigenvalue weighted by atomic mass is 16.6. The molecule has 0 radical (unpaired) electrons. The van der Waals surface area contributed by atoms with E-state index in [4.69, 9.17) is 14.2 Å². The molecule has 1 unspecified atom stereocenters. The third-order valence-electron chi connectivity index (χ3n) is 14.1. The lowest BCUT2D eigenvalue weighted by atomic mass is 10.0. The summed E-state index contributed by atoms with van der Waals surface area (Å²) >= 11 is 0. The summed E-state index contributed by atoms with van der Waals surface area (Å²) in [7, 11) is 0. The zero-order chi connectivity index (χ0) is 59.2. The number of allylic oxidation sites excluding steroid dienone is 24. The molecular weight excluding hydrogens is 1010 g/mol. The van der Waals surface area contributed by atoms with Crippen LogP contribution in [0.15, 0.2) is 146 Å². The fraction of sp³-hybridized carbons (Fsp3) is 0.645. The van der Waals surface area contributed by atoms with Crippen molar-refractivity contribution in [3.63, 3.8) is 0 Å². The van der Waals surface area contributed by atoms with E-state index in [2.05, 4.69) is 167 Å². The van der Waals surface area contributed by atoms with Crippen LogP contribution >= 0.6 is 0 Å². The van der Waals surface area contributed by atoms with Crippen molar-refractivity contribution in [3.05, 3.63) is 146 Å². The zero-order valence-corrected chi connectivity index (χ0v) is 53.2. The van der Waals surface area contributed by atoms with Crippen LogP contribution in [-0.2, 0) is 28.6 Å². The van der Waals surface area contributed by atoms with Gasteiger partial charge in [-0.25, -0.2) is 0 Å². The first-order valence-corrected chi connectivity index (χ1v) is 33.8. The molecule has 0 bridgehead atoms. The molecule has 0 aromatic heterocycles. The van der Waals surface area contributed by atoms with Crippen LogP contribution in [0.3, 0.4) is 0 Å². The Balaban J connectivity index is 4.25. The number of carbonyl (C=O) groups excluding carboxylic acids is 3. The van der Waals surface area contributed by atoms with E-state index < -0.39 is 6.10 Å². The van der Waals surface area contributed by atoms with Crippen LogP contribution in [0.4, 0.5) is 0 Å². The van der Waals surface area contributed by atoms with Crippen molar-refractivity contribution in [1.82, 2.24) is 0 Å². The number of esters is 3. The van der Waals surface area contributed by atoms with Gasteiger partial charge in [0.05, 0.1) is 0 Å². The van der Waals surface area contributed by atoms with E-state index in [1.165, 1.54) is 103 Å². The number of ether oxygens (including phenoxy) is 3. The molecule has 6 nitrogen and oxygen atoms in total. The Morgan fingerprint density at radius 1 is 0.256 bits per heavy atom. The summed E-state index contributed by atoms with van der Waals surface area (Å²) in [4.78, 5) is 38.3. The maximum atomic E-state index is 12.9. The second kappa shape index (κ2) is 68.8. The van der Waals surface area contributed by atoms with Crippen molar-refractivity contribution in [1.29, 1.82) is 0 Å². The molecule has 0 rings (SSSR count). The van der Waals surface area contributed by atoms with Gasteiger partial charge in [-0.15, -0.1) is 0 Å². The summed E-state index contributed by atoms with van der Waals surface area (Å²) in [6.07, 6.45) is 98.7. The van der Waals surface area contributed by atoms with Gasteiger partial charge in [0.15, 0.2) is 6.10 Å². The number of rotatable bonds is 60. The lowest BCUT2D eigenvalue weighted by Crippen LogP contribution is -2.30. The molecule has 0 aliphatic carbocycles. The summed E-state index contributed by atoms with van der Waals surface area (Å²) in [5, 5.41) is 0. The molecule has 0 saturated heterocycles. The third kappa shape index (κ3) is 66.1. The Morgan fingerprint density at radius 2 is 0.476 bits per heavy atom. The summed E-state index contributed by atoms with van der Waals surface area (Å²) in [6, 6.07) is 0. The Hall–Kier alpha value is -4.71. The first-order valence-electron chi connectivity index (χ1n) is 33.8. The smallest absolute Gasteiger partial charge is 0.306 e. The normalized spacial score (nSPS) is 13.1. The third-order valence-corrected chi connectivity index (χ3v) is 14.1. The molecule has 0 aromatic carbocycles. The number of carbonyl (C=O) groups is 3. The van der Waals surface area contributed by atoms with Crippen molar-refractivity contribution >= 4 is 17.9 Å². The van der Waals surface area contributed by atoms with E-state index in [1.54, 1.807) is 0 Å². The first-order chi connectivity index (χ1) is 40.5. The molecule has 0 saturated carbocycles. The predicted octanol–water partition coefficient (Wildman–Crippen LogP) is 23.5. The zero-order valence-electron chi connectivity index (χ0n) is 53.2. The molecule has 0 aliphatic heterocycles. The van der Waals surface area contributed by atoms with Gasteiger partial charge in [-0.1, -0.05) is 301 Å². The highest BCUT2D eigenvalue weighted by Crippen LogP contribution is 2.16. The minimum absolute atomic E-state index is 0.0882. The quantitative estimate of drug-likeness (QED) is 0.0261. The molecule has 0 aliphatic rings. The van der Waals surface area contributed by atoms with Gasteiger partial charge in [-0.3, -0.25) is 14.4 Å². The molecule has 0 aromatic rings. The average Bonchev–Trinajstić information content (AvgIpc) is 3.48. The second-order valence-electron chi connectivity index (χ2n) is 22.0. The second-order valence-corrected chi connectivity index (χ2v) is 22.0. The Bertz CT molecular complexity index is 1780. The van der Waals surface area contributed by atoms with Crippen molar-refractivity contribution in [2.75, 3.05) is 13.2 Å². The van der Waals surface area contributed by atoms with Crippen LogP contribution in [0.5, 0.6) is 0 Å². The van der Waals surface area contributed by atoms with E-state index in [9.17, 15) is 14.4 Å². The SMILES string of the molecule is CC/C=C\C/C=C\C/C=C\C/C=C\C/C=C\C/C=C\C/C=C\CCCCCCCCCCCCCC(=O)OCC(COC(=O)CCCCCCCCCCCC)OC(=O)CCCCCCC/C=C\C/C=C\C/C=C\C/C=C\C/C=C\CC. The Labute approximate surface area is 506 Å². The van der Waals surface area contributed by atoms with Crippen molar-refractivity contribution < 1.29 is 28.6 Å². The summed E-state index contributed by atoms with van der Waals surface area (Å²) in [6.45, 7) is 6.39. The summed E-state index contributed by atoms with van der Waals surface area (Å²) in [5.74, 6) is -0.909. The van der Waals surface area contributed by atoms with Crippen LogP contribution in [-0.4, -0.2) is 37.2 Å². The highest BCUT2D eigenvalue weighted by Gasteiger charge is 2.19. The highest BCUT2D eigenvalue weighted by molar-refractivity contribution is 5.71. The molecule has 0 fully saturated rings. The van der Waals surface area contributed by atoms with Crippen LogP contribution in [0, 0.1) is 0 Å². The van der Waals surface area contributed by atoms with E-state index >= 15 is 0 Å². The van der Waals surface area contributed by atoms with E-state index in [0.717, 1.165) is 154 Å². The monoisotopic (exact) mass is 1130 g/mol. The molecule has 6 heteroatoms. The summed E-state index contributed by atoms with van der Waals surface area (Å²) < 4.78 is 16.9. The maximum Gasteiger partial charge on any atom is 0.306 e. The molecule has 1 atom stereocenters. The largest absolute Gasteiger partial charge is 0.462 e. The van der Waals surface area contributed by atoms with Gasteiger partial charge in [-0.05, 0) is 122 Å². The van der Waals surface area contributed by atoms with Crippen molar-refractivity contribution in [2.24, 2.45) is 0 Å². The minimum Gasteiger partial charge on any atom is -0.462 e. The van der Waals surface area contributed by atoms with Gasteiger partial charge in [0, 0.05) is 19.3 Å². The van der Waals surface area contributed by atoms with E-state index in [-0.39, 0.29) is 31.1 Å². The van der Waals surface area contributed by atoms with Crippen LogP contribution in [0.2, 0.25) is 0 Å². The van der Waals surface area contributed by atoms with E-state index in [0.29, 0.717) is 19.3 Å². The molecule has 0 amide bonds. The number of hydrogen-bond donors (Lipinski definition) is 0. The van der Waals surface area contributed by atoms with E-state index in [1.807, 2.05) is 0 Å². The maximum absolute atomic E-state index is 12.9. The van der Waals surface area contributed by atoms with Gasteiger partial charge in [0.2, 0.25) is 0 Å². The first kappa shape index (κ1) is 77.3. The summed E-state index contributed by atoms with van der Waals surface area (Å²) in [5.41, 5.74) is 0. The van der Waals surface area contributed by atoms with Crippen LogP contribution < -0.4 is 0 Å². The molecular formula is C76H124O6. The number of hydrogen-bond acceptors (Lipinski definition) is 6. The van der Waals surface area contributed by atoms with Gasteiger partial charge >= 0.3 is 17.9 Å². The van der Waals surface area contributed by atoms with Crippen molar-refractivity contribution in [2.45, 2.75) is 303 Å². The molecule has 0 N–H and O–H groups in total. The lowest BCUT2D eigenvalue weighted by Gasteiger charge is -2.18. The minimum atomic E-state index is -0.793. The van der Waals surface area contributed by atoms with Gasteiger partial charge in [0.1, 0.15) is 13.2 Å². The molecule has 0 spiro atoms. The van der Waals surface area contributed by atoms with Gasteiger partial charge < -0.3 is 14.2 Å². The van der Waals surface area contributed by atoms with Gasteiger partial charge in [-0.2, -0.15) is 0 Å². The molecule has 0 heterocycles. The van der Waals surface area contributed by atoms with Crippen molar-refractivity contribution in [3.8, 4) is 0 Å². The Kier molecular flexibility index (Phi) is 64.8. The molecule has 464 valence electrons. The fourth-order valence-corrected chi connectivity index (χ4v) is 9.10. The van der Waals surface area contributed by atoms with Crippen LogP contribution in [0.25, 0.3) is 0 Å². The average molecular weight is 1130 g/mol. The predicted molar refractivity (Wildman–Crippen MR) is 357 cm³/mol. The van der Waals surface area contributed by atoms with Crippen LogP contribution in [0.1, 0.15) is 297 Å².